The van der Waals surface area contributed by atoms with Crippen molar-refractivity contribution in [2.45, 2.75) is 32.4 Å². The van der Waals surface area contributed by atoms with Crippen molar-refractivity contribution in [3.05, 3.63) is 29.3 Å². The summed E-state index contributed by atoms with van der Waals surface area (Å²) in [6, 6.07) is 6.01. The maximum absolute atomic E-state index is 12.2. The van der Waals surface area contributed by atoms with Crippen molar-refractivity contribution >= 4 is 5.91 Å². The first-order chi connectivity index (χ1) is 11.1. The van der Waals surface area contributed by atoms with Gasteiger partial charge in [0.05, 0.1) is 12.7 Å². The van der Waals surface area contributed by atoms with E-state index < -0.39 is 0 Å². The lowest BCUT2D eigenvalue weighted by atomic mass is 9.67. The van der Waals surface area contributed by atoms with Gasteiger partial charge >= 0.3 is 0 Å². The van der Waals surface area contributed by atoms with Crippen LogP contribution in [0.25, 0.3) is 0 Å². The molecule has 5 heteroatoms. The van der Waals surface area contributed by atoms with E-state index in [4.69, 9.17) is 14.2 Å². The Hall–Kier alpha value is -1.59. The minimum atomic E-state index is -0.0811. The zero-order chi connectivity index (χ0) is 16.4. The number of amides is 1. The molecule has 1 aliphatic heterocycles. The van der Waals surface area contributed by atoms with Crippen molar-refractivity contribution in [3.8, 4) is 5.75 Å². The molecule has 0 radical (unpaired) electrons. The fraction of sp³-hybridized carbons (Fsp3) is 0.611. The second kappa shape index (κ2) is 6.89. The van der Waals surface area contributed by atoms with Crippen molar-refractivity contribution < 1.29 is 19.0 Å². The van der Waals surface area contributed by atoms with E-state index in [0.717, 1.165) is 29.9 Å². The minimum absolute atomic E-state index is 0.0404. The monoisotopic (exact) mass is 319 g/mol. The van der Waals surface area contributed by atoms with Gasteiger partial charge in [0.25, 0.3) is 5.91 Å². The van der Waals surface area contributed by atoms with E-state index in [9.17, 15) is 4.79 Å². The van der Waals surface area contributed by atoms with Crippen molar-refractivity contribution in [2.24, 2.45) is 11.8 Å². The van der Waals surface area contributed by atoms with Crippen molar-refractivity contribution in [1.29, 1.82) is 0 Å². The largest absolute Gasteiger partial charge is 0.483 e. The average molecular weight is 319 g/mol. The Balaban J connectivity index is 1.54. The summed E-state index contributed by atoms with van der Waals surface area (Å²) >= 11 is 0. The summed E-state index contributed by atoms with van der Waals surface area (Å²) in [6.07, 6.45) is 1.24. The highest BCUT2D eigenvalue weighted by atomic mass is 16.5. The van der Waals surface area contributed by atoms with Gasteiger partial charge in [-0.25, -0.2) is 0 Å². The number of aryl methyl sites for hydroxylation is 1. The summed E-state index contributed by atoms with van der Waals surface area (Å²) in [5.74, 6) is 1.35. The van der Waals surface area contributed by atoms with E-state index in [2.05, 4.69) is 5.32 Å². The smallest absolute Gasteiger partial charge is 0.258 e. The number of rotatable bonds is 6. The number of methoxy groups -OCH3 is 1. The second-order valence-corrected chi connectivity index (χ2v) is 6.49. The summed E-state index contributed by atoms with van der Waals surface area (Å²) in [5, 5.41) is 3.10. The number of hydrogen-bond acceptors (Lipinski definition) is 4. The predicted octanol–water partition coefficient (Wildman–Crippen LogP) is 1.85. The molecule has 1 saturated carbocycles. The van der Waals surface area contributed by atoms with Crippen LogP contribution in [0.15, 0.2) is 18.2 Å². The predicted molar refractivity (Wildman–Crippen MR) is 86.6 cm³/mol. The van der Waals surface area contributed by atoms with Gasteiger partial charge in [-0.3, -0.25) is 4.79 Å². The average Bonchev–Trinajstić information content (AvgIpc) is 2.96. The van der Waals surface area contributed by atoms with Gasteiger partial charge in [0, 0.05) is 31.6 Å². The summed E-state index contributed by atoms with van der Waals surface area (Å²) in [6.45, 7) is 5.47. The molecule has 1 aromatic carbocycles. The van der Waals surface area contributed by atoms with Crippen LogP contribution < -0.4 is 10.1 Å². The van der Waals surface area contributed by atoms with Crippen molar-refractivity contribution in [2.75, 3.05) is 26.9 Å². The Bertz CT molecular complexity index is 574. The van der Waals surface area contributed by atoms with Gasteiger partial charge in [0.15, 0.2) is 6.61 Å². The van der Waals surface area contributed by atoms with Crippen LogP contribution in [0.3, 0.4) is 0 Å². The molecule has 1 saturated heterocycles. The number of fused-ring (bicyclic) bond motifs is 1. The Morgan fingerprint density at radius 2 is 2.22 bits per heavy atom. The molecule has 1 aliphatic carbocycles. The third-order valence-corrected chi connectivity index (χ3v) is 5.13. The summed E-state index contributed by atoms with van der Waals surface area (Å²) in [7, 11) is 1.69. The first-order valence-electron chi connectivity index (χ1n) is 8.20. The number of ether oxygens (including phenoxy) is 3. The number of carbonyl (C=O) groups is 1. The molecule has 0 aromatic heterocycles. The van der Waals surface area contributed by atoms with E-state index in [0.29, 0.717) is 12.5 Å². The molecule has 1 heterocycles. The van der Waals surface area contributed by atoms with Crippen LogP contribution in [-0.4, -0.2) is 45.0 Å². The summed E-state index contributed by atoms with van der Waals surface area (Å²) in [4.78, 5) is 12.2. The number of carbonyl (C=O) groups excluding carboxylic acids is 1. The van der Waals surface area contributed by atoms with Gasteiger partial charge in [-0.2, -0.15) is 0 Å². The molecule has 1 amide bonds. The highest BCUT2D eigenvalue weighted by Gasteiger charge is 2.54. The lowest BCUT2D eigenvalue weighted by Gasteiger charge is -2.47. The van der Waals surface area contributed by atoms with Gasteiger partial charge < -0.3 is 19.5 Å². The standard InChI is InChI=1S/C18H25NO4/c1-11-5-4-6-15(12(11)2)23-10-16(20)19-17-13-7-8-22-18(13)14(17)9-21-3/h4-6,13-14,17-18H,7-10H2,1-3H3,(H,19,20)/t13-,14-,17-,18-/m1/s1. The van der Waals surface area contributed by atoms with Crippen LogP contribution in [0.5, 0.6) is 5.75 Å². The molecule has 0 bridgehead atoms. The molecular formula is C18H25NO4. The zero-order valence-electron chi connectivity index (χ0n) is 14.0. The van der Waals surface area contributed by atoms with E-state index >= 15 is 0 Å². The van der Waals surface area contributed by atoms with E-state index in [1.54, 1.807) is 7.11 Å². The van der Waals surface area contributed by atoms with Crippen molar-refractivity contribution in [3.63, 3.8) is 0 Å². The molecule has 3 rings (SSSR count). The van der Waals surface area contributed by atoms with Crippen LogP contribution >= 0.6 is 0 Å². The lowest BCUT2D eigenvalue weighted by Crippen LogP contribution is -2.63. The van der Waals surface area contributed by atoms with E-state index in [1.807, 2.05) is 32.0 Å². The minimum Gasteiger partial charge on any atom is -0.483 e. The number of nitrogens with one attached hydrogen (secondary N) is 1. The van der Waals surface area contributed by atoms with E-state index in [1.165, 1.54) is 0 Å². The molecule has 1 aromatic rings. The molecule has 1 N–H and O–H groups in total. The number of hydrogen-bond donors (Lipinski definition) is 1. The highest BCUT2D eigenvalue weighted by molar-refractivity contribution is 5.78. The van der Waals surface area contributed by atoms with Crippen LogP contribution in [0.2, 0.25) is 0 Å². The lowest BCUT2D eigenvalue weighted by molar-refractivity contribution is -0.131. The molecule has 0 spiro atoms. The second-order valence-electron chi connectivity index (χ2n) is 6.49. The normalized spacial score (nSPS) is 28.8. The molecule has 2 aliphatic rings. The molecule has 5 nitrogen and oxygen atoms in total. The van der Waals surface area contributed by atoms with Gasteiger partial charge in [-0.05, 0) is 37.5 Å². The van der Waals surface area contributed by atoms with Crippen molar-refractivity contribution in [1.82, 2.24) is 5.32 Å². The molecule has 4 atom stereocenters. The SMILES string of the molecule is COC[C@@H]1[C@H](NC(=O)COc2cccc(C)c2C)[C@H]2CCO[C@H]21. The van der Waals surface area contributed by atoms with Crippen LogP contribution in [0.1, 0.15) is 17.5 Å². The van der Waals surface area contributed by atoms with Gasteiger partial charge in [0.1, 0.15) is 5.75 Å². The maximum Gasteiger partial charge on any atom is 0.258 e. The molecule has 126 valence electrons. The molecule has 0 unspecified atom stereocenters. The third kappa shape index (κ3) is 3.21. The first-order valence-corrected chi connectivity index (χ1v) is 8.20. The van der Waals surface area contributed by atoms with Crippen LogP contribution in [-0.2, 0) is 14.3 Å². The Labute approximate surface area is 137 Å². The van der Waals surface area contributed by atoms with Crippen LogP contribution in [0, 0.1) is 25.7 Å². The highest BCUT2D eigenvalue weighted by Crippen LogP contribution is 2.43. The van der Waals surface area contributed by atoms with E-state index in [-0.39, 0.29) is 30.6 Å². The van der Waals surface area contributed by atoms with Crippen LogP contribution in [0.4, 0.5) is 0 Å². The summed E-state index contributed by atoms with van der Waals surface area (Å²) in [5.41, 5.74) is 2.23. The van der Waals surface area contributed by atoms with Gasteiger partial charge in [-0.15, -0.1) is 0 Å². The number of benzene rings is 1. The van der Waals surface area contributed by atoms with Gasteiger partial charge in [-0.1, -0.05) is 12.1 Å². The summed E-state index contributed by atoms with van der Waals surface area (Å²) < 4.78 is 16.7. The molecule has 2 fully saturated rings. The Kier molecular flexibility index (Phi) is 4.87. The zero-order valence-corrected chi connectivity index (χ0v) is 14.0. The maximum atomic E-state index is 12.2. The fourth-order valence-electron chi connectivity index (χ4n) is 3.69. The Morgan fingerprint density at radius 1 is 1.39 bits per heavy atom. The first kappa shape index (κ1) is 16.3. The third-order valence-electron chi connectivity index (χ3n) is 5.13. The topological polar surface area (TPSA) is 56.8 Å². The van der Waals surface area contributed by atoms with Gasteiger partial charge in [0.2, 0.25) is 0 Å². The molecular weight excluding hydrogens is 294 g/mol. The molecule has 23 heavy (non-hydrogen) atoms. The Morgan fingerprint density at radius 3 is 3.00 bits per heavy atom. The quantitative estimate of drug-likeness (QED) is 0.869. The fourth-order valence-corrected chi connectivity index (χ4v) is 3.69.